The second-order valence-electron chi connectivity index (χ2n) is 9.05. The van der Waals surface area contributed by atoms with Crippen molar-refractivity contribution in [2.24, 2.45) is 4.99 Å². The minimum atomic E-state index is -3.17. The predicted molar refractivity (Wildman–Crippen MR) is 147 cm³/mol. The van der Waals surface area contributed by atoms with E-state index in [9.17, 15) is 14.2 Å². The van der Waals surface area contributed by atoms with Gasteiger partial charge in [-0.1, -0.05) is 30.3 Å². The van der Waals surface area contributed by atoms with Crippen LogP contribution in [0.25, 0.3) is 11.1 Å². The van der Waals surface area contributed by atoms with Crippen LogP contribution in [0.15, 0.2) is 47.5 Å². The summed E-state index contributed by atoms with van der Waals surface area (Å²) in [4.78, 5) is 4.38. The maximum absolute atomic E-state index is 12.6. The van der Waals surface area contributed by atoms with Gasteiger partial charge in [0.2, 0.25) is 0 Å². The molecule has 2 aromatic rings. The Morgan fingerprint density at radius 3 is 1.82 bits per heavy atom. The molecule has 1 aliphatic heterocycles. The smallest absolute Gasteiger partial charge is 0.330 e. The highest BCUT2D eigenvalue weighted by atomic mass is 31.2. The van der Waals surface area contributed by atoms with Crippen LogP contribution < -0.4 is 4.74 Å². The molecule has 0 aliphatic carbocycles. The lowest BCUT2D eigenvalue weighted by molar-refractivity contribution is 0.107. The Bertz CT molecular complexity index is 1140. The summed E-state index contributed by atoms with van der Waals surface area (Å²) in [6.07, 6.45) is 1.39. The molecule has 0 radical (unpaired) electrons. The van der Waals surface area contributed by atoms with Gasteiger partial charge in [-0.3, -0.25) is 9.13 Å². The van der Waals surface area contributed by atoms with Crippen LogP contribution in [0.4, 0.5) is 0 Å². The van der Waals surface area contributed by atoms with Crippen LogP contribution in [-0.4, -0.2) is 77.1 Å². The number of aryl methyl sites for hydroxylation is 2. The first-order chi connectivity index (χ1) is 18.1. The van der Waals surface area contributed by atoms with Gasteiger partial charge in [-0.15, -0.1) is 0 Å². The Hall–Kier alpha value is -2.03. The van der Waals surface area contributed by atoms with Crippen molar-refractivity contribution < 1.29 is 41.8 Å². The van der Waals surface area contributed by atoms with E-state index >= 15 is 0 Å². The molecule has 12 heteroatoms. The van der Waals surface area contributed by atoms with Gasteiger partial charge in [0.15, 0.2) is 11.4 Å². The van der Waals surface area contributed by atoms with Gasteiger partial charge in [0.05, 0.1) is 18.9 Å². The van der Waals surface area contributed by atoms with E-state index in [0.717, 1.165) is 22.3 Å². The van der Waals surface area contributed by atoms with Crippen molar-refractivity contribution in [1.29, 1.82) is 0 Å². The summed E-state index contributed by atoms with van der Waals surface area (Å²) < 4.78 is 56.8. The minimum absolute atomic E-state index is 0.170. The monoisotopic (exact) mass is 569 g/mol. The topological polar surface area (TPSA) is 122 Å². The molecule has 210 valence electrons. The molecule has 0 saturated heterocycles. The lowest BCUT2D eigenvalue weighted by atomic mass is 9.97. The highest BCUT2D eigenvalue weighted by Crippen LogP contribution is 2.48. The Labute approximate surface area is 224 Å². The molecule has 0 aromatic heterocycles. The molecule has 1 heterocycles. The third-order valence-corrected chi connectivity index (χ3v) is 10.2. The second kappa shape index (κ2) is 13.4. The molecule has 1 unspecified atom stereocenters. The molecule has 1 aliphatic rings. The third-order valence-electron chi connectivity index (χ3n) is 6.45. The van der Waals surface area contributed by atoms with Crippen molar-refractivity contribution in [3.8, 4) is 16.9 Å². The van der Waals surface area contributed by atoms with Crippen molar-refractivity contribution >= 4 is 21.1 Å². The fourth-order valence-electron chi connectivity index (χ4n) is 4.06. The molecular formula is C26H37NO9P2. The number of nitrogens with zero attached hydrogens (tertiary/aromatic N) is 1. The van der Waals surface area contributed by atoms with E-state index in [1.807, 2.05) is 42.5 Å². The number of aliphatic imine (C=N–C) groups is 1. The minimum Gasteiger partial charge on any atom is -0.491 e. The first kappa shape index (κ1) is 30.5. The van der Waals surface area contributed by atoms with Crippen molar-refractivity contribution in [3.05, 3.63) is 53.6 Å². The van der Waals surface area contributed by atoms with Crippen LogP contribution in [0.5, 0.6) is 5.75 Å². The van der Waals surface area contributed by atoms with Gasteiger partial charge >= 0.3 is 15.2 Å². The highest BCUT2D eigenvalue weighted by molar-refractivity contribution is 7.54. The molecule has 1 atom stereocenters. The molecule has 2 aromatic carbocycles. The number of hydrogen-bond donors (Lipinski definition) is 1. The average molecular weight is 570 g/mol. The second-order valence-corrected chi connectivity index (χ2v) is 13.9. The van der Waals surface area contributed by atoms with Crippen molar-refractivity contribution in [3.63, 3.8) is 0 Å². The average Bonchev–Trinajstić information content (AvgIpc) is 3.34. The molecular weight excluding hydrogens is 532 g/mol. The number of aliphatic hydroxyl groups excluding tert-OH is 1. The number of benzene rings is 2. The SMILES string of the molecule is COP(=O)(CCc1cc(CCP(=O)(OC)OC)cc(-c2ccc(OCC3(CO)COC(C)=N3)cc2)c1)OC. The zero-order valence-corrected chi connectivity index (χ0v) is 24.3. The van der Waals surface area contributed by atoms with Crippen LogP contribution >= 0.6 is 15.2 Å². The van der Waals surface area contributed by atoms with Crippen molar-refractivity contribution in [2.45, 2.75) is 25.3 Å². The lowest BCUT2D eigenvalue weighted by Gasteiger charge is -2.21. The molecule has 0 spiro atoms. The van der Waals surface area contributed by atoms with E-state index in [4.69, 9.17) is 27.6 Å². The van der Waals surface area contributed by atoms with E-state index in [0.29, 0.717) is 24.5 Å². The summed E-state index contributed by atoms with van der Waals surface area (Å²) in [6.45, 7) is 2.05. The third kappa shape index (κ3) is 7.99. The number of hydrogen-bond acceptors (Lipinski definition) is 10. The molecule has 0 bridgehead atoms. The maximum atomic E-state index is 12.6. The molecule has 0 saturated carbocycles. The fourth-order valence-corrected chi connectivity index (χ4v) is 6.16. The van der Waals surface area contributed by atoms with Gasteiger partial charge in [0.25, 0.3) is 0 Å². The van der Waals surface area contributed by atoms with Gasteiger partial charge in [-0.05, 0) is 47.2 Å². The Balaban J connectivity index is 1.81. The zero-order valence-electron chi connectivity index (χ0n) is 22.5. The fraction of sp³-hybridized carbons (Fsp3) is 0.500. The lowest BCUT2D eigenvalue weighted by Crippen LogP contribution is -2.39. The van der Waals surface area contributed by atoms with Crippen molar-refractivity contribution in [2.75, 3.05) is 60.6 Å². The summed E-state index contributed by atoms with van der Waals surface area (Å²) in [7, 11) is -0.853. The number of ether oxygens (including phenoxy) is 2. The quantitative estimate of drug-likeness (QED) is 0.296. The van der Waals surface area contributed by atoms with E-state index in [1.165, 1.54) is 28.4 Å². The van der Waals surface area contributed by atoms with Crippen LogP contribution in [0.1, 0.15) is 18.1 Å². The van der Waals surface area contributed by atoms with Crippen LogP contribution in [0.2, 0.25) is 0 Å². The molecule has 1 N–H and O–H groups in total. The molecule has 38 heavy (non-hydrogen) atoms. The summed E-state index contributed by atoms with van der Waals surface area (Å²) in [5.74, 6) is 1.17. The standard InChI is InChI=1S/C26H37NO9P2/c1-20-27-26(17-28,18-35-20)19-36-25-8-6-23(7-9-25)24-15-21(10-12-37(29,31-2)32-3)14-22(16-24)11-13-38(30,33-4)34-5/h6-9,14-16,28H,10-13,17-19H2,1-5H3. The van der Waals surface area contributed by atoms with Gasteiger partial charge in [0, 0.05) is 35.4 Å². The Morgan fingerprint density at radius 1 is 0.868 bits per heavy atom. The Kier molecular flexibility index (Phi) is 10.7. The molecule has 3 rings (SSSR count). The van der Waals surface area contributed by atoms with Crippen LogP contribution in [0.3, 0.4) is 0 Å². The summed E-state index contributed by atoms with van der Waals surface area (Å²) >= 11 is 0. The van der Waals surface area contributed by atoms with Gasteiger partial charge in [-0.25, -0.2) is 4.99 Å². The van der Waals surface area contributed by atoms with E-state index < -0.39 is 20.7 Å². The van der Waals surface area contributed by atoms with Crippen LogP contribution in [0, 0.1) is 0 Å². The Morgan fingerprint density at radius 2 is 1.39 bits per heavy atom. The summed E-state index contributed by atoms with van der Waals surface area (Å²) in [6, 6.07) is 13.6. The number of aliphatic hydroxyl groups is 1. The summed E-state index contributed by atoms with van der Waals surface area (Å²) in [5.41, 5.74) is 2.97. The summed E-state index contributed by atoms with van der Waals surface area (Å²) in [5, 5.41) is 9.77. The molecule has 0 fully saturated rings. The van der Waals surface area contributed by atoms with Gasteiger partial charge in [-0.2, -0.15) is 0 Å². The highest BCUT2D eigenvalue weighted by Gasteiger charge is 2.36. The van der Waals surface area contributed by atoms with E-state index in [2.05, 4.69) is 4.99 Å². The number of rotatable bonds is 15. The normalized spacial score (nSPS) is 17.8. The molecule has 10 nitrogen and oxygen atoms in total. The maximum Gasteiger partial charge on any atom is 0.330 e. The van der Waals surface area contributed by atoms with Gasteiger partial charge < -0.3 is 32.7 Å². The largest absolute Gasteiger partial charge is 0.491 e. The first-order valence-corrected chi connectivity index (χ1v) is 15.6. The first-order valence-electron chi connectivity index (χ1n) is 12.2. The van der Waals surface area contributed by atoms with Crippen LogP contribution in [-0.2, 0) is 44.8 Å². The van der Waals surface area contributed by atoms with E-state index in [1.54, 1.807) is 6.92 Å². The zero-order chi connectivity index (χ0) is 27.8. The predicted octanol–water partition coefficient (Wildman–Crippen LogP) is 4.97. The van der Waals surface area contributed by atoms with E-state index in [-0.39, 0.29) is 32.1 Å². The van der Waals surface area contributed by atoms with Crippen molar-refractivity contribution in [1.82, 2.24) is 0 Å². The van der Waals surface area contributed by atoms with Gasteiger partial charge in [0.1, 0.15) is 19.0 Å². The molecule has 0 amide bonds.